The van der Waals surface area contributed by atoms with Crippen molar-refractivity contribution in [1.82, 2.24) is 0 Å². The summed E-state index contributed by atoms with van der Waals surface area (Å²) < 4.78 is 0. The summed E-state index contributed by atoms with van der Waals surface area (Å²) in [4.78, 5) is 10.1. The van der Waals surface area contributed by atoms with Crippen molar-refractivity contribution in [3.63, 3.8) is 0 Å². The maximum atomic E-state index is 10.1. The summed E-state index contributed by atoms with van der Waals surface area (Å²) in [5.41, 5.74) is 0. The molecule has 0 atom stereocenters. The van der Waals surface area contributed by atoms with Crippen LogP contribution in [0.2, 0.25) is 0 Å². The number of hydrogen-bond acceptors (Lipinski definition) is 1. The van der Waals surface area contributed by atoms with Gasteiger partial charge in [0.1, 0.15) is 0 Å². The Labute approximate surface area is 95.7 Å². The van der Waals surface area contributed by atoms with Crippen LogP contribution in [-0.2, 0) is 4.79 Å². The van der Waals surface area contributed by atoms with Crippen LogP contribution in [0.25, 0.3) is 0 Å². The molecule has 0 bridgehead atoms. The first-order valence-electron chi connectivity index (χ1n) is 4.62. The van der Waals surface area contributed by atoms with E-state index in [2.05, 4.69) is 23.7 Å². The molecule has 0 rings (SSSR count). The van der Waals surface area contributed by atoms with E-state index in [0.29, 0.717) is 0 Å². The van der Waals surface area contributed by atoms with Crippen molar-refractivity contribution < 1.29 is 9.90 Å². The van der Waals surface area contributed by atoms with Crippen LogP contribution < -0.4 is 0 Å². The molecule has 80 valence electrons. The molecule has 0 aromatic rings. The van der Waals surface area contributed by atoms with Gasteiger partial charge in [0.15, 0.2) is 0 Å². The van der Waals surface area contributed by atoms with Crippen molar-refractivity contribution in [3.8, 4) is 23.7 Å². The van der Waals surface area contributed by atoms with E-state index in [0.717, 1.165) is 6.08 Å². The molecule has 0 amide bonds. The van der Waals surface area contributed by atoms with E-state index >= 15 is 0 Å². The number of aliphatic carboxylic acids is 1. The predicted molar refractivity (Wildman–Crippen MR) is 65.4 cm³/mol. The van der Waals surface area contributed by atoms with Gasteiger partial charge >= 0.3 is 5.97 Å². The molecule has 16 heavy (non-hydrogen) atoms. The highest BCUT2D eigenvalue weighted by Gasteiger charge is 1.78. The molecule has 0 aromatic carbocycles. The molecule has 0 aliphatic heterocycles. The van der Waals surface area contributed by atoms with Gasteiger partial charge in [-0.2, -0.15) is 0 Å². The monoisotopic (exact) mass is 212 g/mol. The third-order valence-corrected chi connectivity index (χ3v) is 1.21. The third kappa shape index (κ3) is 11.6. The zero-order valence-corrected chi connectivity index (χ0v) is 8.97. The normalized spacial score (nSPS) is 10.6. The van der Waals surface area contributed by atoms with Crippen molar-refractivity contribution in [2.75, 3.05) is 0 Å². The first-order valence-corrected chi connectivity index (χ1v) is 4.62. The maximum absolute atomic E-state index is 10.1. The number of rotatable bonds is 3. The van der Waals surface area contributed by atoms with Gasteiger partial charge in [-0.3, -0.25) is 0 Å². The molecule has 0 saturated heterocycles. The SMILES string of the molecule is C/C=C/C#CC#C/C=C/C=C/C=C/C(=O)O. The molecule has 1 N–H and O–H groups in total. The molecule has 0 radical (unpaired) electrons. The molecule has 0 aromatic heterocycles. The Kier molecular flexibility index (Phi) is 9.00. The lowest BCUT2D eigenvalue weighted by Gasteiger charge is -1.73. The summed E-state index contributed by atoms with van der Waals surface area (Å²) in [6.45, 7) is 1.89. The smallest absolute Gasteiger partial charge is 0.328 e. The Bertz CT molecular complexity index is 441. The molecule has 0 spiro atoms. The second kappa shape index (κ2) is 10.6. The second-order valence-electron chi connectivity index (χ2n) is 2.48. The number of allylic oxidation sites excluding steroid dienone is 7. The van der Waals surface area contributed by atoms with E-state index in [1.54, 1.807) is 30.4 Å². The standard InChI is InChI=1S/C14H12O2/c1-2-3-4-5-6-7-8-9-10-11-12-13-14(15)16/h2-3,8-13H,1H3,(H,15,16)/b3-2+,9-8+,11-10+,13-12+. The van der Waals surface area contributed by atoms with Gasteiger partial charge < -0.3 is 5.11 Å². The highest BCUT2D eigenvalue weighted by molar-refractivity contribution is 5.80. The minimum Gasteiger partial charge on any atom is -0.478 e. The van der Waals surface area contributed by atoms with Gasteiger partial charge in [-0.15, -0.1) is 0 Å². The summed E-state index contributed by atoms with van der Waals surface area (Å²) in [6.07, 6.45) is 12.7. The summed E-state index contributed by atoms with van der Waals surface area (Å²) in [7, 11) is 0. The average Bonchev–Trinajstić information content (AvgIpc) is 2.25. The summed E-state index contributed by atoms with van der Waals surface area (Å²) >= 11 is 0. The molecular formula is C14H12O2. The van der Waals surface area contributed by atoms with E-state index in [-0.39, 0.29) is 0 Å². The number of carboxylic acid groups (broad SMARTS) is 1. The van der Waals surface area contributed by atoms with Crippen LogP contribution in [0, 0.1) is 23.7 Å². The Morgan fingerprint density at radius 3 is 2.25 bits per heavy atom. The topological polar surface area (TPSA) is 37.3 Å². The molecule has 0 saturated carbocycles. The molecule has 0 aliphatic carbocycles. The molecule has 0 heterocycles. The fraction of sp³-hybridized carbons (Fsp3) is 0.0714. The summed E-state index contributed by atoms with van der Waals surface area (Å²) in [5, 5.41) is 8.28. The van der Waals surface area contributed by atoms with Crippen LogP contribution >= 0.6 is 0 Å². The number of hydrogen-bond donors (Lipinski definition) is 1. The van der Waals surface area contributed by atoms with Gasteiger partial charge in [-0.05, 0) is 30.9 Å². The van der Waals surface area contributed by atoms with E-state index < -0.39 is 5.97 Å². The fourth-order valence-corrected chi connectivity index (χ4v) is 0.609. The van der Waals surface area contributed by atoms with Crippen LogP contribution in [-0.4, -0.2) is 11.1 Å². The van der Waals surface area contributed by atoms with E-state index in [4.69, 9.17) is 5.11 Å². The third-order valence-electron chi connectivity index (χ3n) is 1.21. The lowest BCUT2D eigenvalue weighted by Crippen LogP contribution is -1.84. The van der Waals surface area contributed by atoms with Gasteiger partial charge in [0.2, 0.25) is 0 Å². The van der Waals surface area contributed by atoms with Crippen LogP contribution in [0.5, 0.6) is 0 Å². The van der Waals surface area contributed by atoms with Crippen molar-refractivity contribution >= 4 is 5.97 Å². The predicted octanol–water partition coefficient (Wildman–Crippen LogP) is 2.32. The van der Waals surface area contributed by atoms with Gasteiger partial charge in [0.25, 0.3) is 0 Å². The lowest BCUT2D eigenvalue weighted by atomic mass is 10.4. The van der Waals surface area contributed by atoms with Gasteiger partial charge in [-0.25, -0.2) is 4.79 Å². The maximum Gasteiger partial charge on any atom is 0.328 e. The van der Waals surface area contributed by atoms with Gasteiger partial charge in [0, 0.05) is 6.08 Å². The molecule has 2 heteroatoms. The molecule has 0 fully saturated rings. The van der Waals surface area contributed by atoms with Gasteiger partial charge in [-0.1, -0.05) is 42.2 Å². The number of carboxylic acids is 1. The van der Waals surface area contributed by atoms with Crippen LogP contribution in [0.3, 0.4) is 0 Å². The van der Waals surface area contributed by atoms with Gasteiger partial charge in [0.05, 0.1) is 0 Å². The van der Waals surface area contributed by atoms with Crippen LogP contribution in [0.4, 0.5) is 0 Å². The highest BCUT2D eigenvalue weighted by atomic mass is 16.4. The van der Waals surface area contributed by atoms with Crippen molar-refractivity contribution in [3.05, 3.63) is 48.6 Å². The highest BCUT2D eigenvalue weighted by Crippen LogP contribution is 1.79. The Hall–Kier alpha value is -2.45. The van der Waals surface area contributed by atoms with E-state index in [9.17, 15) is 4.79 Å². The Balaban J connectivity index is 3.95. The molecular weight excluding hydrogens is 200 g/mol. The first kappa shape index (κ1) is 13.5. The summed E-state index contributed by atoms with van der Waals surface area (Å²) in [5.74, 6) is 9.75. The first-order chi connectivity index (χ1) is 7.77. The van der Waals surface area contributed by atoms with Crippen molar-refractivity contribution in [1.29, 1.82) is 0 Å². The largest absolute Gasteiger partial charge is 0.478 e. The minimum absolute atomic E-state index is 0.965. The second-order valence-corrected chi connectivity index (χ2v) is 2.48. The average molecular weight is 212 g/mol. The van der Waals surface area contributed by atoms with E-state index in [1.807, 2.05) is 13.0 Å². The van der Waals surface area contributed by atoms with Crippen LogP contribution in [0.1, 0.15) is 6.92 Å². The summed E-state index contributed by atoms with van der Waals surface area (Å²) in [6, 6.07) is 0. The minimum atomic E-state index is -0.965. The molecule has 0 unspecified atom stereocenters. The Morgan fingerprint density at radius 2 is 1.62 bits per heavy atom. The molecule has 2 nitrogen and oxygen atoms in total. The van der Waals surface area contributed by atoms with Crippen molar-refractivity contribution in [2.45, 2.75) is 6.92 Å². The Morgan fingerprint density at radius 1 is 1.00 bits per heavy atom. The quantitative estimate of drug-likeness (QED) is 0.443. The number of carbonyl (C=O) groups is 1. The fourth-order valence-electron chi connectivity index (χ4n) is 0.609. The zero-order chi connectivity index (χ0) is 12.1. The van der Waals surface area contributed by atoms with Crippen LogP contribution in [0.15, 0.2) is 48.6 Å². The lowest BCUT2D eigenvalue weighted by molar-refractivity contribution is -0.131. The molecule has 0 aliphatic rings. The van der Waals surface area contributed by atoms with Crippen molar-refractivity contribution in [2.24, 2.45) is 0 Å². The zero-order valence-electron chi connectivity index (χ0n) is 8.97. The van der Waals surface area contributed by atoms with E-state index in [1.165, 1.54) is 6.08 Å².